The standard InChI is InChI=1S/C27H31ClN4O4/c1-27(2,3)36-26(35)31-23-10-7-13-32(23)25(34)22(14-17-8-5-4-6-9-17)30-24(33)21-16-18-15-19(28)11-12-20(18)29-21/h4-6,8-9,11-12,15-16,22-23,29H,7,10,13-14H2,1-3H3,(H,30,33)(H,31,35). The summed E-state index contributed by atoms with van der Waals surface area (Å²) in [6.45, 7) is 5.83. The lowest BCUT2D eigenvalue weighted by atomic mass is 10.0. The molecular formula is C27H31ClN4O4. The average Bonchev–Trinajstić information content (AvgIpc) is 3.44. The molecule has 1 aliphatic heterocycles. The normalized spacial score (nSPS) is 16.6. The second-order valence-corrected chi connectivity index (χ2v) is 10.4. The molecule has 1 aliphatic rings. The van der Waals surface area contributed by atoms with E-state index < -0.39 is 29.8 Å². The van der Waals surface area contributed by atoms with Gasteiger partial charge in [0.25, 0.3) is 5.91 Å². The zero-order chi connectivity index (χ0) is 25.9. The van der Waals surface area contributed by atoms with Crippen LogP contribution in [-0.2, 0) is 16.0 Å². The first kappa shape index (κ1) is 25.6. The Balaban J connectivity index is 1.53. The van der Waals surface area contributed by atoms with Gasteiger partial charge in [-0.1, -0.05) is 41.9 Å². The van der Waals surface area contributed by atoms with Crippen molar-refractivity contribution in [3.8, 4) is 0 Å². The van der Waals surface area contributed by atoms with E-state index in [0.717, 1.165) is 22.9 Å². The van der Waals surface area contributed by atoms with Crippen molar-refractivity contribution in [2.45, 2.75) is 57.8 Å². The molecule has 0 spiro atoms. The van der Waals surface area contributed by atoms with E-state index in [0.29, 0.717) is 30.1 Å². The molecule has 3 amide bonds. The Labute approximate surface area is 215 Å². The van der Waals surface area contributed by atoms with E-state index in [1.807, 2.05) is 30.3 Å². The van der Waals surface area contributed by atoms with E-state index in [4.69, 9.17) is 16.3 Å². The van der Waals surface area contributed by atoms with Gasteiger partial charge in [0.15, 0.2) is 0 Å². The first-order chi connectivity index (χ1) is 17.1. The van der Waals surface area contributed by atoms with E-state index in [1.165, 1.54) is 0 Å². The smallest absolute Gasteiger partial charge is 0.409 e. The minimum Gasteiger partial charge on any atom is -0.444 e. The van der Waals surface area contributed by atoms with Crippen LogP contribution in [0.3, 0.4) is 0 Å². The third kappa shape index (κ3) is 6.37. The molecular weight excluding hydrogens is 480 g/mol. The number of hydrogen-bond donors (Lipinski definition) is 3. The van der Waals surface area contributed by atoms with Gasteiger partial charge in [0, 0.05) is 28.9 Å². The van der Waals surface area contributed by atoms with Gasteiger partial charge in [0.1, 0.15) is 23.5 Å². The van der Waals surface area contributed by atoms with Crippen molar-refractivity contribution in [1.29, 1.82) is 0 Å². The summed E-state index contributed by atoms with van der Waals surface area (Å²) >= 11 is 6.08. The first-order valence-electron chi connectivity index (χ1n) is 12.0. The summed E-state index contributed by atoms with van der Waals surface area (Å²) in [5.74, 6) is -0.655. The Bertz CT molecular complexity index is 1250. The number of nitrogens with zero attached hydrogens (tertiary/aromatic N) is 1. The van der Waals surface area contributed by atoms with Crippen molar-refractivity contribution >= 4 is 40.4 Å². The number of aromatic amines is 1. The molecule has 1 fully saturated rings. The minimum absolute atomic E-state index is 0.259. The highest BCUT2D eigenvalue weighted by atomic mass is 35.5. The van der Waals surface area contributed by atoms with Crippen molar-refractivity contribution in [3.63, 3.8) is 0 Å². The molecule has 0 saturated carbocycles. The number of benzene rings is 2. The molecule has 3 aromatic rings. The average molecular weight is 511 g/mol. The third-order valence-electron chi connectivity index (χ3n) is 5.93. The summed E-state index contributed by atoms with van der Waals surface area (Å²) in [6.07, 6.45) is 0.582. The van der Waals surface area contributed by atoms with Gasteiger partial charge in [0.2, 0.25) is 5.91 Å². The zero-order valence-corrected chi connectivity index (χ0v) is 21.4. The molecule has 4 rings (SSSR count). The monoisotopic (exact) mass is 510 g/mol. The van der Waals surface area contributed by atoms with Crippen LogP contribution >= 0.6 is 11.6 Å². The van der Waals surface area contributed by atoms with Crippen LogP contribution in [0, 0.1) is 0 Å². The second kappa shape index (κ2) is 10.6. The van der Waals surface area contributed by atoms with Gasteiger partial charge in [-0.15, -0.1) is 0 Å². The molecule has 1 aromatic heterocycles. The number of nitrogens with one attached hydrogen (secondary N) is 3. The number of likely N-dealkylation sites (tertiary alicyclic amines) is 1. The molecule has 1 saturated heterocycles. The van der Waals surface area contributed by atoms with Crippen LogP contribution in [0.4, 0.5) is 4.79 Å². The first-order valence-corrected chi connectivity index (χ1v) is 12.4. The summed E-state index contributed by atoms with van der Waals surface area (Å²) in [5, 5.41) is 7.09. The van der Waals surface area contributed by atoms with E-state index in [1.54, 1.807) is 49.9 Å². The molecule has 2 aromatic carbocycles. The van der Waals surface area contributed by atoms with Gasteiger partial charge in [-0.2, -0.15) is 0 Å². The highest BCUT2D eigenvalue weighted by Gasteiger charge is 2.35. The highest BCUT2D eigenvalue weighted by Crippen LogP contribution is 2.22. The maximum absolute atomic E-state index is 13.7. The maximum Gasteiger partial charge on any atom is 0.409 e. The number of H-pyrrole nitrogens is 1. The van der Waals surface area contributed by atoms with E-state index in [9.17, 15) is 14.4 Å². The summed E-state index contributed by atoms with van der Waals surface area (Å²) in [6, 6.07) is 15.7. The summed E-state index contributed by atoms with van der Waals surface area (Å²) in [5.41, 5.74) is 1.38. The summed E-state index contributed by atoms with van der Waals surface area (Å²) in [4.78, 5) is 44.0. The number of hydrogen-bond acceptors (Lipinski definition) is 4. The van der Waals surface area contributed by atoms with Crippen molar-refractivity contribution in [2.24, 2.45) is 0 Å². The predicted molar refractivity (Wildman–Crippen MR) is 139 cm³/mol. The molecule has 36 heavy (non-hydrogen) atoms. The van der Waals surface area contributed by atoms with Crippen LogP contribution in [0.2, 0.25) is 5.02 Å². The fourth-order valence-electron chi connectivity index (χ4n) is 4.34. The Morgan fingerprint density at radius 3 is 2.61 bits per heavy atom. The molecule has 3 N–H and O–H groups in total. The molecule has 2 heterocycles. The van der Waals surface area contributed by atoms with Crippen molar-refractivity contribution in [2.75, 3.05) is 6.54 Å². The fourth-order valence-corrected chi connectivity index (χ4v) is 4.52. The van der Waals surface area contributed by atoms with E-state index >= 15 is 0 Å². The van der Waals surface area contributed by atoms with Crippen molar-refractivity contribution in [1.82, 2.24) is 20.5 Å². The Hall–Kier alpha value is -3.52. The minimum atomic E-state index is -0.823. The summed E-state index contributed by atoms with van der Waals surface area (Å²) < 4.78 is 5.37. The largest absolute Gasteiger partial charge is 0.444 e. The fraction of sp³-hybridized carbons (Fsp3) is 0.370. The lowest BCUT2D eigenvalue weighted by Gasteiger charge is -2.30. The number of amides is 3. The lowest BCUT2D eigenvalue weighted by Crippen LogP contribution is -2.55. The van der Waals surface area contributed by atoms with Gasteiger partial charge in [-0.25, -0.2) is 4.79 Å². The van der Waals surface area contributed by atoms with Crippen molar-refractivity contribution < 1.29 is 19.1 Å². The number of rotatable bonds is 6. The number of alkyl carbamates (subject to hydrolysis) is 1. The number of ether oxygens (including phenoxy) is 1. The number of halogens is 1. The quantitative estimate of drug-likeness (QED) is 0.449. The topological polar surface area (TPSA) is 104 Å². The summed E-state index contributed by atoms with van der Waals surface area (Å²) in [7, 11) is 0. The van der Waals surface area contributed by atoms with Crippen LogP contribution in [0.5, 0.6) is 0 Å². The second-order valence-electron chi connectivity index (χ2n) is 9.97. The molecule has 0 radical (unpaired) electrons. The number of fused-ring (bicyclic) bond motifs is 1. The molecule has 2 unspecified atom stereocenters. The van der Waals surface area contributed by atoms with Crippen LogP contribution in [0.25, 0.3) is 10.9 Å². The predicted octanol–water partition coefficient (Wildman–Crippen LogP) is 4.64. The molecule has 9 heteroatoms. The number of aromatic nitrogens is 1. The number of carbonyl (C=O) groups excluding carboxylic acids is 3. The van der Waals surface area contributed by atoms with Gasteiger partial charge < -0.3 is 25.3 Å². The maximum atomic E-state index is 13.7. The number of carbonyl (C=O) groups is 3. The molecule has 2 atom stereocenters. The van der Waals surface area contributed by atoms with Crippen LogP contribution < -0.4 is 10.6 Å². The van der Waals surface area contributed by atoms with Crippen LogP contribution in [0.15, 0.2) is 54.6 Å². The van der Waals surface area contributed by atoms with E-state index in [2.05, 4.69) is 15.6 Å². The third-order valence-corrected chi connectivity index (χ3v) is 6.17. The molecule has 190 valence electrons. The highest BCUT2D eigenvalue weighted by molar-refractivity contribution is 6.31. The molecule has 0 bridgehead atoms. The van der Waals surface area contributed by atoms with Gasteiger partial charge in [-0.05, 0) is 63.4 Å². The van der Waals surface area contributed by atoms with Crippen molar-refractivity contribution in [3.05, 3.63) is 70.9 Å². The Morgan fingerprint density at radius 1 is 1.14 bits per heavy atom. The molecule has 0 aliphatic carbocycles. The molecule has 8 nitrogen and oxygen atoms in total. The lowest BCUT2D eigenvalue weighted by molar-refractivity contribution is -0.134. The van der Waals surface area contributed by atoms with Crippen LogP contribution in [-0.4, -0.2) is 52.1 Å². The van der Waals surface area contributed by atoms with E-state index in [-0.39, 0.29) is 5.91 Å². The van der Waals surface area contributed by atoms with Gasteiger partial charge >= 0.3 is 6.09 Å². The Kier molecular flexibility index (Phi) is 7.54. The van der Waals surface area contributed by atoms with Crippen LogP contribution in [0.1, 0.15) is 49.7 Å². The Morgan fingerprint density at radius 2 is 1.89 bits per heavy atom. The zero-order valence-electron chi connectivity index (χ0n) is 20.6. The van der Waals surface area contributed by atoms with Gasteiger partial charge in [0.05, 0.1) is 0 Å². The van der Waals surface area contributed by atoms with Gasteiger partial charge in [-0.3, -0.25) is 9.59 Å². The SMILES string of the molecule is CC(C)(C)OC(=O)NC1CCCN1C(=O)C(Cc1ccccc1)NC(=O)c1cc2cc(Cl)ccc2[nH]1.